The molecule has 1 fully saturated rings. The highest BCUT2D eigenvalue weighted by molar-refractivity contribution is 8.02. The van der Waals surface area contributed by atoms with Gasteiger partial charge in [0.25, 0.3) is 5.91 Å². The van der Waals surface area contributed by atoms with Gasteiger partial charge in [-0.3, -0.25) is 4.79 Å². The Morgan fingerprint density at radius 3 is 2.89 bits per heavy atom. The molecular formula is C13H11F2NOS. The molecule has 1 amide bonds. The molecule has 2 nitrogen and oxygen atoms in total. The fraction of sp³-hybridized carbons (Fsp3) is 0.308. The van der Waals surface area contributed by atoms with Crippen molar-refractivity contribution in [1.82, 2.24) is 0 Å². The molecule has 5 heteroatoms. The Kier molecular flexibility index (Phi) is 2.86. The molecule has 2 aliphatic rings. The number of hydrogen-bond acceptors (Lipinski definition) is 2. The van der Waals surface area contributed by atoms with Crippen LogP contribution in [0.1, 0.15) is 19.3 Å². The first-order chi connectivity index (χ1) is 8.66. The van der Waals surface area contributed by atoms with Gasteiger partial charge in [-0.25, -0.2) is 13.1 Å². The van der Waals surface area contributed by atoms with Crippen molar-refractivity contribution in [2.24, 2.45) is 0 Å². The van der Waals surface area contributed by atoms with Crippen LogP contribution < -0.4 is 4.31 Å². The van der Waals surface area contributed by atoms with E-state index >= 15 is 0 Å². The molecular weight excluding hydrogens is 256 g/mol. The predicted octanol–water partition coefficient (Wildman–Crippen LogP) is 3.44. The number of halogens is 2. The standard InChI is InChI=1S/C13H11F2NOS/c14-8-5-6-11(10(15)7-8)16-13(17)9-3-1-2-4-12(9)18-16/h3,5-7,12H,1-2,4H2. The minimum Gasteiger partial charge on any atom is -0.268 e. The van der Waals surface area contributed by atoms with Crippen LogP contribution in [0.2, 0.25) is 0 Å². The zero-order valence-corrected chi connectivity index (χ0v) is 10.3. The van der Waals surface area contributed by atoms with E-state index in [0.29, 0.717) is 0 Å². The van der Waals surface area contributed by atoms with Gasteiger partial charge < -0.3 is 0 Å². The van der Waals surface area contributed by atoms with Crippen LogP contribution in [0.15, 0.2) is 29.8 Å². The molecule has 0 saturated carbocycles. The Morgan fingerprint density at radius 1 is 1.33 bits per heavy atom. The van der Waals surface area contributed by atoms with Crippen LogP contribution >= 0.6 is 11.9 Å². The number of benzene rings is 1. The first-order valence-corrected chi connectivity index (χ1v) is 6.67. The summed E-state index contributed by atoms with van der Waals surface area (Å²) in [5.74, 6) is -1.50. The molecule has 1 aliphatic carbocycles. The number of rotatable bonds is 1. The predicted molar refractivity (Wildman–Crippen MR) is 67.2 cm³/mol. The molecule has 1 unspecified atom stereocenters. The number of carbonyl (C=O) groups is 1. The third-order valence-electron chi connectivity index (χ3n) is 3.17. The summed E-state index contributed by atoms with van der Waals surface area (Å²) in [6, 6.07) is 3.29. The first kappa shape index (κ1) is 11.7. The second kappa shape index (κ2) is 4.39. The van der Waals surface area contributed by atoms with E-state index < -0.39 is 11.6 Å². The zero-order valence-electron chi connectivity index (χ0n) is 9.53. The molecule has 1 heterocycles. The monoisotopic (exact) mass is 267 g/mol. The molecule has 18 heavy (non-hydrogen) atoms. The third-order valence-corrected chi connectivity index (χ3v) is 4.49. The maximum atomic E-state index is 13.7. The molecule has 1 aromatic carbocycles. The molecule has 1 atom stereocenters. The summed E-state index contributed by atoms with van der Waals surface area (Å²) in [6.07, 6.45) is 4.82. The number of allylic oxidation sites excluding steroid dienone is 1. The molecule has 1 aromatic rings. The lowest BCUT2D eigenvalue weighted by Crippen LogP contribution is -2.19. The third kappa shape index (κ3) is 1.82. The van der Waals surface area contributed by atoms with E-state index in [9.17, 15) is 13.6 Å². The largest absolute Gasteiger partial charge is 0.268 e. The summed E-state index contributed by atoms with van der Waals surface area (Å²) < 4.78 is 27.9. The van der Waals surface area contributed by atoms with E-state index in [1.165, 1.54) is 28.4 Å². The number of hydrogen-bond donors (Lipinski definition) is 0. The normalized spacial score (nSPS) is 23.0. The Labute approximate surface area is 108 Å². The lowest BCUT2D eigenvalue weighted by atomic mass is 9.98. The van der Waals surface area contributed by atoms with E-state index in [4.69, 9.17) is 0 Å². The zero-order chi connectivity index (χ0) is 12.7. The smallest absolute Gasteiger partial charge is 0.265 e. The summed E-state index contributed by atoms with van der Waals surface area (Å²) in [5, 5.41) is 0.121. The van der Waals surface area contributed by atoms with Crippen molar-refractivity contribution < 1.29 is 13.6 Å². The van der Waals surface area contributed by atoms with Crippen molar-refractivity contribution in [3.05, 3.63) is 41.5 Å². The van der Waals surface area contributed by atoms with Crippen LogP contribution in [-0.4, -0.2) is 11.2 Å². The van der Waals surface area contributed by atoms with Gasteiger partial charge in [0, 0.05) is 11.6 Å². The Bertz CT molecular complexity index is 544. The van der Waals surface area contributed by atoms with Gasteiger partial charge in [-0.05, 0) is 43.3 Å². The SMILES string of the molecule is O=C1C2=CCCCC2SN1c1ccc(F)cc1F. The van der Waals surface area contributed by atoms with Crippen LogP contribution in [0.3, 0.4) is 0 Å². The van der Waals surface area contributed by atoms with Crippen LogP contribution in [0.25, 0.3) is 0 Å². The van der Waals surface area contributed by atoms with Crippen LogP contribution in [0, 0.1) is 11.6 Å². The second-order valence-electron chi connectivity index (χ2n) is 4.38. The van der Waals surface area contributed by atoms with Crippen molar-refractivity contribution in [3.8, 4) is 0 Å². The Balaban J connectivity index is 1.96. The summed E-state index contributed by atoms with van der Waals surface area (Å²) in [5.41, 5.74) is 0.900. The summed E-state index contributed by atoms with van der Waals surface area (Å²) in [7, 11) is 0. The van der Waals surface area contributed by atoms with Crippen molar-refractivity contribution in [1.29, 1.82) is 0 Å². The maximum absolute atomic E-state index is 13.7. The van der Waals surface area contributed by atoms with E-state index in [1.807, 2.05) is 6.08 Å². The fourth-order valence-corrected chi connectivity index (χ4v) is 3.59. The van der Waals surface area contributed by atoms with Gasteiger partial charge in [-0.1, -0.05) is 6.08 Å². The molecule has 0 N–H and O–H groups in total. The highest BCUT2D eigenvalue weighted by atomic mass is 32.2. The number of carbonyl (C=O) groups excluding carboxylic acids is 1. The molecule has 1 aliphatic heterocycles. The van der Waals surface area contributed by atoms with E-state index in [0.717, 1.165) is 30.9 Å². The van der Waals surface area contributed by atoms with Gasteiger partial charge in [-0.15, -0.1) is 0 Å². The lowest BCUT2D eigenvalue weighted by Gasteiger charge is -2.15. The molecule has 0 radical (unpaired) electrons. The molecule has 3 rings (SSSR count). The minimum atomic E-state index is -0.699. The number of amides is 1. The van der Waals surface area contributed by atoms with Crippen molar-refractivity contribution in [3.63, 3.8) is 0 Å². The van der Waals surface area contributed by atoms with Crippen molar-refractivity contribution >= 4 is 23.5 Å². The summed E-state index contributed by atoms with van der Waals surface area (Å²) in [6.45, 7) is 0. The van der Waals surface area contributed by atoms with E-state index in [-0.39, 0.29) is 16.8 Å². The first-order valence-electron chi connectivity index (χ1n) is 5.83. The summed E-state index contributed by atoms with van der Waals surface area (Å²) in [4.78, 5) is 12.2. The number of fused-ring (bicyclic) bond motifs is 1. The fourth-order valence-electron chi connectivity index (χ4n) is 2.29. The topological polar surface area (TPSA) is 20.3 Å². The summed E-state index contributed by atoms with van der Waals surface area (Å²) >= 11 is 1.33. The highest BCUT2D eigenvalue weighted by Crippen LogP contribution is 2.43. The molecule has 0 aromatic heterocycles. The lowest BCUT2D eigenvalue weighted by molar-refractivity contribution is -0.113. The average molecular weight is 267 g/mol. The molecule has 0 bridgehead atoms. The number of anilines is 1. The van der Waals surface area contributed by atoms with Crippen LogP contribution in [0.5, 0.6) is 0 Å². The van der Waals surface area contributed by atoms with Crippen LogP contribution in [-0.2, 0) is 4.79 Å². The molecule has 94 valence electrons. The van der Waals surface area contributed by atoms with Crippen LogP contribution in [0.4, 0.5) is 14.5 Å². The second-order valence-corrected chi connectivity index (χ2v) is 5.52. The van der Waals surface area contributed by atoms with Gasteiger partial charge in [0.2, 0.25) is 0 Å². The maximum Gasteiger partial charge on any atom is 0.265 e. The average Bonchev–Trinajstić information content (AvgIpc) is 2.68. The van der Waals surface area contributed by atoms with Crippen molar-refractivity contribution in [2.75, 3.05) is 4.31 Å². The number of nitrogens with zero attached hydrogens (tertiary/aromatic N) is 1. The molecule has 0 spiro atoms. The molecule has 1 saturated heterocycles. The Morgan fingerprint density at radius 2 is 2.17 bits per heavy atom. The quantitative estimate of drug-likeness (QED) is 0.726. The van der Waals surface area contributed by atoms with Gasteiger partial charge in [0.05, 0.1) is 10.9 Å². The van der Waals surface area contributed by atoms with Gasteiger partial charge >= 0.3 is 0 Å². The van der Waals surface area contributed by atoms with E-state index in [2.05, 4.69) is 0 Å². The van der Waals surface area contributed by atoms with Gasteiger partial charge in [0.1, 0.15) is 5.82 Å². The highest BCUT2D eigenvalue weighted by Gasteiger charge is 2.38. The minimum absolute atomic E-state index is 0.121. The van der Waals surface area contributed by atoms with E-state index in [1.54, 1.807) is 0 Å². The van der Waals surface area contributed by atoms with Crippen molar-refractivity contribution in [2.45, 2.75) is 24.5 Å². The Hall–Kier alpha value is -1.36. The van der Waals surface area contributed by atoms with Gasteiger partial charge in [-0.2, -0.15) is 0 Å². The van der Waals surface area contributed by atoms with Gasteiger partial charge in [0.15, 0.2) is 5.82 Å².